The topological polar surface area (TPSA) is 84.1 Å². The van der Waals surface area contributed by atoms with Crippen molar-refractivity contribution in [2.24, 2.45) is 11.8 Å². The largest absolute Gasteiger partial charge is 0.476 e. The molecule has 0 aromatic carbocycles. The van der Waals surface area contributed by atoms with Crippen LogP contribution in [0.25, 0.3) is 0 Å². The molecule has 0 radical (unpaired) electrons. The minimum Gasteiger partial charge on any atom is -0.476 e. The van der Waals surface area contributed by atoms with Crippen LogP contribution in [0.3, 0.4) is 0 Å². The number of rotatable bonds is 4. The molecule has 22 heavy (non-hydrogen) atoms. The number of pyridine rings is 1. The van der Waals surface area contributed by atoms with Crippen molar-refractivity contribution < 1.29 is 9.90 Å². The van der Waals surface area contributed by atoms with Gasteiger partial charge in [-0.25, -0.2) is 14.5 Å². The third-order valence-electron chi connectivity index (χ3n) is 4.60. The van der Waals surface area contributed by atoms with Crippen molar-refractivity contribution in [1.29, 1.82) is 0 Å². The smallest absolute Gasteiger partial charge is 0.358 e. The summed E-state index contributed by atoms with van der Waals surface area (Å²) in [4.78, 5) is 17.7. The van der Waals surface area contributed by atoms with Crippen LogP contribution in [0, 0.1) is 18.8 Å². The molecule has 7 nitrogen and oxygen atoms in total. The predicted octanol–water partition coefficient (Wildman–Crippen LogP) is 1.18. The number of aromatic carboxylic acids is 1. The van der Waals surface area contributed by atoms with E-state index in [1.165, 1.54) is 17.3 Å². The van der Waals surface area contributed by atoms with Crippen LogP contribution in [0.5, 0.6) is 0 Å². The molecule has 2 unspecified atom stereocenters. The molecular formula is C15H17N5O2. The second-order valence-corrected chi connectivity index (χ2v) is 6.24. The van der Waals surface area contributed by atoms with Gasteiger partial charge in [0, 0.05) is 19.3 Å². The number of carboxylic acids is 1. The van der Waals surface area contributed by atoms with E-state index in [9.17, 15) is 4.79 Å². The van der Waals surface area contributed by atoms with Crippen LogP contribution in [-0.4, -0.2) is 44.1 Å². The van der Waals surface area contributed by atoms with Crippen LogP contribution in [-0.2, 0) is 6.54 Å². The number of nitrogens with zero attached hydrogens (tertiary/aromatic N) is 5. The third-order valence-corrected chi connectivity index (χ3v) is 4.60. The molecule has 7 heteroatoms. The molecule has 0 spiro atoms. The number of aromatic nitrogens is 4. The van der Waals surface area contributed by atoms with Gasteiger partial charge in [0.15, 0.2) is 5.69 Å². The lowest BCUT2D eigenvalue weighted by atomic mass is 10.1. The first-order valence-electron chi connectivity index (χ1n) is 7.44. The number of hydrogen-bond donors (Lipinski definition) is 1. The monoisotopic (exact) mass is 299 g/mol. The summed E-state index contributed by atoms with van der Waals surface area (Å²) in [5, 5.41) is 16.3. The van der Waals surface area contributed by atoms with Gasteiger partial charge >= 0.3 is 5.97 Å². The Kier molecular flexibility index (Phi) is 2.88. The van der Waals surface area contributed by atoms with E-state index < -0.39 is 5.97 Å². The van der Waals surface area contributed by atoms with Gasteiger partial charge in [0.25, 0.3) is 0 Å². The van der Waals surface area contributed by atoms with Crippen molar-refractivity contribution in [3.63, 3.8) is 0 Å². The van der Waals surface area contributed by atoms with Crippen LogP contribution < -0.4 is 4.90 Å². The fourth-order valence-corrected chi connectivity index (χ4v) is 3.14. The molecule has 2 aromatic rings. The average molecular weight is 299 g/mol. The highest BCUT2D eigenvalue weighted by molar-refractivity contribution is 5.84. The fraction of sp³-hybridized carbons (Fsp3) is 0.467. The molecule has 0 bridgehead atoms. The van der Waals surface area contributed by atoms with E-state index in [2.05, 4.69) is 26.3 Å². The Morgan fingerprint density at radius 3 is 2.82 bits per heavy atom. The van der Waals surface area contributed by atoms with E-state index >= 15 is 0 Å². The van der Waals surface area contributed by atoms with Gasteiger partial charge in [-0.3, -0.25) is 0 Å². The van der Waals surface area contributed by atoms with Gasteiger partial charge in [0.1, 0.15) is 5.82 Å². The Hall–Kier alpha value is -2.44. The number of carbonyl (C=O) groups is 1. The van der Waals surface area contributed by atoms with Crippen LogP contribution in [0.4, 0.5) is 5.82 Å². The summed E-state index contributed by atoms with van der Waals surface area (Å²) in [5.74, 6) is 1.74. The van der Waals surface area contributed by atoms with E-state index in [1.54, 1.807) is 0 Å². The summed E-state index contributed by atoms with van der Waals surface area (Å²) in [6.45, 7) is 4.78. The molecular weight excluding hydrogens is 282 g/mol. The Balaban J connectivity index is 1.50. The highest BCUT2D eigenvalue weighted by Gasteiger charge is 2.45. The normalized spacial score (nSPS) is 22.7. The lowest BCUT2D eigenvalue weighted by Gasteiger charge is -2.20. The lowest BCUT2D eigenvalue weighted by Crippen LogP contribution is -2.23. The Morgan fingerprint density at radius 1 is 1.41 bits per heavy atom. The van der Waals surface area contributed by atoms with Crippen LogP contribution in [0.15, 0.2) is 18.5 Å². The SMILES string of the molecule is Cc1cc(N2CC3CC3C2)ncc1Cn1cc(C(=O)O)nn1. The summed E-state index contributed by atoms with van der Waals surface area (Å²) in [6.07, 6.45) is 4.67. The molecule has 2 atom stereocenters. The summed E-state index contributed by atoms with van der Waals surface area (Å²) < 4.78 is 1.53. The van der Waals surface area contributed by atoms with Crippen molar-refractivity contribution in [3.05, 3.63) is 35.3 Å². The van der Waals surface area contributed by atoms with E-state index in [-0.39, 0.29) is 5.69 Å². The van der Waals surface area contributed by atoms with Gasteiger partial charge in [-0.05, 0) is 42.4 Å². The molecule has 1 saturated heterocycles. The molecule has 2 aliphatic rings. The summed E-state index contributed by atoms with van der Waals surface area (Å²) in [6, 6.07) is 2.11. The number of aryl methyl sites for hydroxylation is 1. The molecule has 1 aliphatic carbocycles. The maximum absolute atomic E-state index is 10.8. The van der Waals surface area contributed by atoms with E-state index in [0.717, 1.165) is 41.9 Å². The lowest BCUT2D eigenvalue weighted by molar-refractivity contribution is 0.0690. The first kappa shape index (κ1) is 13.2. The number of hydrogen-bond acceptors (Lipinski definition) is 5. The van der Waals surface area contributed by atoms with Gasteiger partial charge in [-0.15, -0.1) is 5.10 Å². The quantitative estimate of drug-likeness (QED) is 0.912. The van der Waals surface area contributed by atoms with Gasteiger partial charge in [0.2, 0.25) is 0 Å². The first-order chi connectivity index (χ1) is 10.6. The second kappa shape index (κ2) is 4.79. The number of fused-ring (bicyclic) bond motifs is 1. The van der Waals surface area contributed by atoms with E-state index in [0.29, 0.717) is 6.54 Å². The number of piperidine rings is 1. The van der Waals surface area contributed by atoms with Crippen molar-refractivity contribution in [2.45, 2.75) is 19.9 Å². The fourth-order valence-electron chi connectivity index (χ4n) is 3.14. The first-order valence-corrected chi connectivity index (χ1v) is 7.44. The van der Waals surface area contributed by atoms with Gasteiger partial charge in [-0.1, -0.05) is 5.21 Å². The molecule has 114 valence electrons. The van der Waals surface area contributed by atoms with Crippen molar-refractivity contribution in [3.8, 4) is 0 Å². The molecule has 2 aromatic heterocycles. The number of anilines is 1. The Morgan fingerprint density at radius 2 is 2.18 bits per heavy atom. The van der Waals surface area contributed by atoms with Gasteiger partial charge in [0.05, 0.1) is 12.7 Å². The highest BCUT2D eigenvalue weighted by Crippen LogP contribution is 2.45. The predicted molar refractivity (Wildman–Crippen MR) is 78.9 cm³/mol. The standard InChI is InChI=1S/C15H17N5O2/c1-9-2-14(19-5-10-3-11(10)6-19)16-4-12(9)7-20-8-13(15(21)22)17-18-20/h2,4,8,10-11H,3,5-7H2,1H3,(H,21,22). The molecule has 0 amide bonds. The summed E-state index contributed by atoms with van der Waals surface area (Å²) in [7, 11) is 0. The molecule has 1 aliphatic heterocycles. The average Bonchev–Trinajstić information content (AvgIpc) is 2.89. The minimum absolute atomic E-state index is 0.0430. The van der Waals surface area contributed by atoms with Crippen LogP contribution >= 0.6 is 0 Å². The minimum atomic E-state index is -1.07. The summed E-state index contributed by atoms with van der Waals surface area (Å²) in [5.41, 5.74) is 2.12. The molecule has 2 fully saturated rings. The molecule has 1 N–H and O–H groups in total. The molecule has 4 rings (SSSR count). The molecule has 1 saturated carbocycles. The van der Waals surface area contributed by atoms with Gasteiger partial charge in [-0.2, -0.15) is 0 Å². The maximum Gasteiger partial charge on any atom is 0.358 e. The van der Waals surface area contributed by atoms with E-state index in [4.69, 9.17) is 5.11 Å². The zero-order valence-electron chi connectivity index (χ0n) is 12.3. The molecule has 3 heterocycles. The Bertz CT molecular complexity index is 731. The highest BCUT2D eigenvalue weighted by atomic mass is 16.4. The Labute approximate surface area is 127 Å². The van der Waals surface area contributed by atoms with E-state index in [1.807, 2.05) is 13.1 Å². The second-order valence-electron chi connectivity index (χ2n) is 6.24. The maximum atomic E-state index is 10.8. The zero-order chi connectivity index (χ0) is 15.3. The third kappa shape index (κ3) is 2.32. The number of carboxylic acid groups (broad SMARTS) is 1. The van der Waals surface area contributed by atoms with Gasteiger partial charge < -0.3 is 10.0 Å². The van der Waals surface area contributed by atoms with Crippen LogP contribution in [0.2, 0.25) is 0 Å². The van der Waals surface area contributed by atoms with Crippen molar-refractivity contribution in [2.75, 3.05) is 18.0 Å². The zero-order valence-corrected chi connectivity index (χ0v) is 12.3. The summed E-state index contributed by atoms with van der Waals surface area (Å²) >= 11 is 0. The van der Waals surface area contributed by atoms with Crippen molar-refractivity contribution >= 4 is 11.8 Å². The van der Waals surface area contributed by atoms with Crippen molar-refractivity contribution in [1.82, 2.24) is 20.0 Å². The van der Waals surface area contributed by atoms with Crippen LogP contribution in [0.1, 0.15) is 28.0 Å².